The predicted molar refractivity (Wildman–Crippen MR) is 40.0 cm³/mol. The van der Waals surface area contributed by atoms with Gasteiger partial charge in [0.05, 0.1) is 7.11 Å². The van der Waals surface area contributed by atoms with Crippen molar-refractivity contribution in [3.05, 3.63) is 0 Å². The average molecular weight is 264 g/mol. The lowest BCUT2D eigenvalue weighted by molar-refractivity contribution is -0.218. The Morgan fingerprint density at radius 3 is 2.60 bits per heavy atom. The topological polar surface area (TPSA) is 141 Å². The van der Waals surface area contributed by atoms with Gasteiger partial charge in [-0.1, -0.05) is 8.57 Å². The van der Waals surface area contributed by atoms with Crippen molar-refractivity contribution in [3.63, 3.8) is 0 Å². The molecule has 13 heteroatoms. The van der Waals surface area contributed by atoms with Crippen molar-refractivity contribution in [2.75, 3.05) is 7.11 Å². The third-order valence-electron chi connectivity index (χ3n) is 0.866. The van der Waals surface area contributed by atoms with Gasteiger partial charge < -0.3 is 4.74 Å². The Morgan fingerprint density at radius 1 is 1.53 bits per heavy atom. The van der Waals surface area contributed by atoms with Crippen LogP contribution < -0.4 is 0 Å². The predicted octanol–water partition coefficient (Wildman–Crippen LogP) is -1.85. The minimum atomic E-state index is -5.00. The van der Waals surface area contributed by atoms with Gasteiger partial charge in [-0.15, -0.1) is 0 Å². The van der Waals surface area contributed by atoms with E-state index in [2.05, 4.69) is 22.7 Å². The number of oxime groups is 1. The van der Waals surface area contributed by atoms with Crippen LogP contribution in [0.4, 0.5) is 0 Å². The highest BCUT2D eigenvalue weighted by Gasteiger charge is 2.34. The van der Waals surface area contributed by atoms with E-state index in [4.69, 9.17) is 4.55 Å². The van der Waals surface area contributed by atoms with Crippen LogP contribution in [0.2, 0.25) is 0 Å². The highest BCUT2D eigenvalue weighted by molar-refractivity contribution is 7.82. The summed E-state index contributed by atoms with van der Waals surface area (Å²) < 4.78 is 65.4. The van der Waals surface area contributed by atoms with Crippen molar-refractivity contribution < 1.29 is 39.0 Å². The molecule has 0 amide bonds. The summed E-state index contributed by atoms with van der Waals surface area (Å²) >= 11 is 0. The first-order valence-electron chi connectivity index (χ1n) is 2.96. The van der Waals surface area contributed by atoms with Gasteiger partial charge in [-0.05, 0) is 5.23 Å². The number of rotatable bonds is 2. The minimum Gasteiger partial charge on any atom is -0.463 e. The van der Waals surface area contributed by atoms with E-state index >= 15 is 0 Å². The fourth-order valence-corrected chi connectivity index (χ4v) is 1.23. The number of methoxy groups -OCH3 is 1. The van der Waals surface area contributed by atoms with Crippen LogP contribution in [0, 0.1) is 0 Å². The van der Waals surface area contributed by atoms with Crippen LogP contribution >= 0.6 is 0 Å². The summed E-state index contributed by atoms with van der Waals surface area (Å²) in [7, 11) is -8.60. The lowest BCUT2D eigenvalue weighted by Gasteiger charge is -2.20. The summed E-state index contributed by atoms with van der Waals surface area (Å²) in [6.07, 6.45) is 0. The van der Waals surface area contributed by atoms with Crippen molar-refractivity contribution in [1.82, 2.24) is 5.23 Å². The smallest absolute Gasteiger partial charge is 0.463 e. The molecule has 15 heavy (non-hydrogen) atoms. The van der Waals surface area contributed by atoms with Gasteiger partial charge in [-0.25, -0.2) is 4.28 Å². The quantitative estimate of drug-likeness (QED) is 0.564. The molecule has 0 aromatic heterocycles. The summed E-state index contributed by atoms with van der Waals surface area (Å²) in [5.74, 6) is 0. The molecule has 1 aliphatic rings. The van der Waals surface area contributed by atoms with Crippen LogP contribution in [0.25, 0.3) is 0 Å². The maximum Gasteiger partial charge on any atom is 0.493 e. The van der Waals surface area contributed by atoms with Crippen LogP contribution in [0.1, 0.15) is 0 Å². The zero-order valence-electron chi connectivity index (χ0n) is 6.92. The molecule has 1 aliphatic heterocycles. The standard InChI is InChI=1S/C2H4N2O9S2/c1-10-2-3-11-15(8,9)13-4(2)12-14(5,6)7/h1H3,(H,5,6,7). The maximum atomic E-state index is 10.6. The Morgan fingerprint density at radius 2 is 2.13 bits per heavy atom. The van der Waals surface area contributed by atoms with E-state index in [0.717, 1.165) is 7.11 Å². The SMILES string of the molecule is COC1=NOS(=O)(=O)ON1OS(=O)(=O)O. The molecular weight excluding hydrogens is 260 g/mol. The van der Waals surface area contributed by atoms with E-state index in [0.29, 0.717) is 0 Å². The molecule has 0 unspecified atom stereocenters. The van der Waals surface area contributed by atoms with Gasteiger partial charge in [-0.2, -0.15) is 16.8 Å². The molecule has 11 nitrogen and oxygen atoms in total. The first kappa shape index (κ1) is 11.9. The van der Waals surface area contributed by atoms with Crippen LogP contribution in [-0.4, -0.2) is 39.7 Å². The van der Waals surface area contributed by atoms with E-state index in [1.807, 2.05) is 0 Å². The third-order valence-corrected chi connectivity index (χ3v) is 1.77. The fourth-order valence-electron chi connectivity index (χ4n) is 0.481. The number of amidine groups is 1. The Bertz CT molecular complexity index is 460. The average Bonchev–Trinajstić information content (AvgIpc) is 1.99. The highest BCUT2D eigenvalue weighted by atomic mass is 32.3. The van der Waals surface area contributed by atoms with Gasteiger partial charge in [0, 0.05) is 5.16 Å². The van der Waals surface area contributed by atoms with E-state index in [9.17, 15) is 16.8 Å². The van der Waals surface area contributed by atoms with Gasteiger partial charge >= 0.3 is 26.8 Å². The molecule has 0 aliphatic carbocycles. The molecule has 0 aromatic rings. The molecule has 0 radical (unpaired) electrons. The van der Waals surface area contributed by atoms with Crippen LogP contribution in [0.3, 0.4) is 0 Å². The Labute approximate surface area is 84.0 Å². The summed E-state index contributed by atoms with van der Waals surface area (Å²) in [4.78, 5) is 0. The van der Waals surface area contributed by atoms with E-state index in [1.165, 1.54) is 0 Å². The summed E-state index contributed by atoms with van der Waals surface area (Å²) in [5, 5.41) is 2.48. The first-order chi connectivity index (χ1) is 6.73. The Hall–Kier alpha value is -1.15. The van der Waals surface area contributed by atoms with E-state index in [1.54, 1.807) is 0 Å². The number of ether oxygens (including phenoxy) is 1. The summed E-state index contributed by atoms with van der Waals surface area (Å²) in [6.45, 7) is 0. The van der Waals surface area contributed by atoms with Gasteiger partial charge in [-0.3, -0.25) is 4.55 Å². The highest BCUT2D eigenvalue weighted by Crippen LogP contribution is 2.12. The second kappa shape index (κ2) is 3.78. The van der Waals surface area contributed by atoms with Crippen molar-refractivity contribution >= 4 is 26.8 Å². The third kappa shape index (κ3) is 3.48. The molecule has 0 bridgehead atoms. The number of hydrogen-bond donors (Lipinski definition) is 1. The second-order valence-electron chi connectivity index (χ2n) is 1.89. The van der Waals surface area contributed by atoms with Crippen LogP contribution in [0.5, 0.6) is 0 Å². The number of hydrogen-bond acceptors (Lipinski definition) is 10. The van der Waals surface area contributed by atoms with Crippen molar-refractivity contribution in [2.45, 2.75) is 0 Å². The Balaban J connectivity index is 2.95. The van der Waals surface area contributed by atoms with Crippen molar-refractivity contribution in [2.24, 2.45) is 5.16 Å². The van der Waals surface area contributed by atoms with Crippen LogP contribution in [-0.2, 0) is 38.4 Å². The normalized spacial score (nSPS) is 20.4. The van der Waals surface area contributed by atoms with E-state index in [-0.39, 0.29) is 5.23 Å². The lowest BCUT2D eigenvalue weighted by Crippen LogP contribution is -2.40. The maximum absolute atomic E-state index is 10.6. The van der Waals surface area contributed by atoms with Gasteiger partial charge in [0.1, 0.15) is 0 Å². The molecule has 88 valence electrons. The second-order valence-corrected chi connectivity index (χ2v) is 4.01. The molecular formula is C2H4N2O9S2. The van der Waals surface area contributed by atoms with Crippen molar-refractivity contribution in [3.8, 4) is 0 Å². The zero-order valence-corrected chi connectivity index (χ0v) is 8.56. The molecule has 0 fully saturated rings. The fraction of sp³-hybridized carbons (Fsp3) is 0.500. The number of hydroxylamine groups is 2. The summed E-state index contributed by atoms with van der Waals surface area (Å²) in [6, 6.07) is -0.789. The van der Waals surface area contributed by atoms with Crippen LogP contribution in [0.15, 0.2) is 5.16 Å². The zero-order chi connectivity index (χ0) is 11.7. The minimum absolute atomic E-state index is 0.297. The molecule has 0 aromatic carbocycles. The van der Waals surface area contributed by atoms with Gasteiger partial charge in [0.2, 0.25) is 0 Å². The molecule has 1 heterocycles. The monoisotopic (exact) mass is 264 g/mol. The number of nitrogens with zero attached hydrogens (tertiary/aromatic N) is 2. The largest absolute Gasteiger partial charge is 0.493 e. The summed E-state index contributed by atoms with van der Waals surface area (Å²) in [5.41, 5.74) is 0. The first-order valence-corrected chi connectivity index (χ1v) is 5.66. The van der Waals surface area contributed by atoms with E-state index < -0.39 is 26.8 Å². The Kier molecular flexibility index (Phi) is 3.00. The van der Waals surface area contributed by atoms with Gasteiger partial charge in [0.25, 0.3) is 0 Å². The molecule has 0 saturated heterocycles. The van der Waals surface area contributed by atoms with Gasteiger partial charge in [0.15, 0.2) is 0 Å². The molecule has 1 rings (SSSR count). The molecule has 0 spiro atoms. The lowest BCUT2D eigenvalue weighted by atomic mass is 11.1. The van der Waals surface area contributed by atoms with Crippen molar-refractivity contribution in [1.29, 1.82) is 0 Å². The molecule has 0 saturated carbocycles. The molecule has 1 N–H and O–H groups in total. The molecule has 0 atom stereocenters.